The van der Waals surface area contributed by atoms with Gasteiger partial charge in [-0.3, -0.25) is 0 Å². The van der Waals surface area contributed by atoms with Gasteiger partial charge in [-0.1, -0.05) is 106 Å². The maximum Gasteiger partial charge on any atom is 1.00 e. The van der Waals surface area contributed by atoms with Crippen LogP contribution in [0.25, 0.3) is 0 Å². The number of unbranched alkanes of at least 4 members (excludes halogenated alkanes) is 4. The van der Waals surface area contributed by atoms with Crippen molar-refractivity contribution in [3.8, 4) is 0 Å². The molecule has 0 amide bonds. The van der Waals surface area contributed by atoms with E-state index in [0.717, 1.165) is 61.2 Å². The molecule has 0 N–H and O–H groups in total. The first kappa shape index (κ1) is 68.2. The fraction of sp³-hybridized carbons (Fsp3) is 0.800. The normalized spacial score (nSPS) is 9.74. The van der Waals surface area contributed by atoms with Crippen LogP contribution in [-0.2, 0) is 0 Å². The van der Waals surface area contributed by atoms with Gasteiger partial charge < -0.3 is 39.5 Å². The van der Waals surface area contributed by atoms with Crippen LogP contribution in [0.3, 0.4) is 0 Å². The molecule has 0 aliphatic heterocycles. The number of rotatable bonds is 16. The van der Waals surface area contributed by atoms with E-state index in [1.54, 1.807) is 0 Å². The fourth-order valence-electron chi connectivity index (χ4n) is 3.72. The van der Waals surface area contributed by atoms with E-state index in [1.807, 2.05) is 105 Å². The Bertz CT molecular complexity index is 457. The summed E-state index contributed by atoms with van der Waals surface area (Å²) < 4.78 is 2.39. The molecule has 0 atom stereocenters. The summed E-state index contributed by atoms with van der Waals surface area (Å²) in [6.45, 7) is 42.2. The Hall–Kier alpha value is 4.15. The van der Waals surface area contributed by atoms with Gasteiger partial charge in [0.25, 0.3) is 0 Å². The van der Waals surface area contributed by atoms with Gasteiger partial charge in [-0.25, -0.2) is 0 Å². The molecule has 0 aromatic carbocycles. The van der Waals surface area contributed by atoms with E-state index in [-0.39, 0.29) is 103 Å². The number of thioether (sulfide) groups is 2. The molecular formula is C40H82K2S4-4. The van der Waals surface area contributed by atoms with Crippen LogP contribution >= 0.6 is 48.0 Å². The van der Waals surface area contributed by atoms with E-state index in [4.69, 9.17) is 24.4 Å². The summed E-state index contributed by atoms with van der Waals surface area (Å²) in [5.74, 6) is 7.00. The van der Waals surface area contributed by atoms with Gasteiger partial charge in [-0.2, -0.15) is 68.2 Å². The van der Waals surface area contributed by atoms with Crippen LogP contribution < -0.4 is 103 Å². The van der Waals surface area contributed by atoms with Gasteiger partial charge in [-0.15, -0.1) is 23.5 Å². The molecule has 6 heteroatoms. The van der Waals surface area contributed by atoms with Crippen LogP contribution in [-0.4, -0.2) is 19.9 Å². The zero-order valence-electron chi connectivity index (χ0n) is 34.9. The largest absolute Gasteiger partial charge is 1.00 e. The quantitative estimate of drug-likeness (QED) is 0.0664. The van der Waals surface area contributed by atoms with Crippen molar-refractivity contribution in [3.05, 3.63) is 39.5 Å². The van der Waals surface area contributed by atoms with Crippen molar-refractivity contribution in [2.45, 2.75) is 162 Å². The zero-order valence-corrected chi connectivity index (χ0v) is 44.4. The maximum absolute atomic E-state index is 5.40. The van der Waals surface area contributed by atoms with Crippen LogP contribution in [0.2, 0.25) is 0 Å². The van der Waals surface area contributed by atoms with Crippen molar-refractivity contribution >= 4 is 56.4 Å². The van der Waals surface area contributed by atoms with Crippen LogP contribution in [0.1, 0.15) is 162 Å². The molecule has 0 nitrogen and oxygen atoms in total. The minimum absolute atomic E-state index is 0. The maximum atomic E-state index is 5.40. The summed E-state index contributed by atoms with van der Waals surface area (Å²) in [6.07, 6.45) is 17.1. The average Bonchev–Trinajstić information content (AvgIpc) is 2.90. The first-order valence-electron chi connectivity index (χ1n) is 17.5. The molecule has 0 heterocycles. The minimum atomic E-state index is 0. The van der Waals surface area contributed by atoms with E-state index in [0.29, 0.717) is 0 Å². The molecule has 0 saturated heterocycles. The van der Waals surface area contributed by atoms with E-state index in [2.05, 4.69) is 69.2 Å². The Balaban J connectivity index is -0.0000000751. The number of hydrogen-bond acceptors (Lipinski definition) is 4. The Morgan fingerprint density at radius 3 is 0.826 bits per heavy atom. The van der Waals surface area contributed by atoms with Crippen molar-refractivity contribution in [2.24, 2.45) is 35.5 Å². The summed E-state index contributed by atoms with van der Waals surface area (Å²) in [7, 11) is 0. The smallest absolute Gasteiger partial charge is 0.343 e. The standard InChI is InChI=1S/2C14H27S2.4C3H7.2K/c2*1-6-7-8-9-14(15)16-10-13(11(2)3)12(4)5;4*1-3-2;;/h2*11-13H,1,6-10H2,2-5H3;4*3H,1-2H3;;/q6*-1;2*+1. The molecule has 0 rings (SSSR count). The van der Waals surface area contributed by atoms with Gasteiger partial charge in [0.15, 0.2) is 0 Å². The van der Waals surface area contributed by atoms with E-state index >= 15 is 0 Å². The summed E-state index contributed by atoms with van der Waals surface area (Å²) in [6, 6.07) is 0. The average molecular weight is 770 g/mol. The van der Waals surface area contributed by atoms with Crippen molar-refractivity contribution in [3.63, 3.8) is 0 Å². The fourth-order valence-corrected chi connectivity index (χ4v) is 7.29. The summed E-state index contributed by atoms with van der Waals surface area (Å²) >= 11 is 14.6. The topological polar surface area (TPSA) is 0 Å². The third kappa shape index (κ3) is 66.4. The van der Waals surface area contributed by atoms with Crippen molar-refractivity contribution < 1.29 is 103 Å². The SMILES string of the molecule is C[CH-]C.C[CH-]C.C[CH-]C.C[CH-]C.[CH2-]CCCCC(=S)SCC(C(C)C)C(C)C.[CH2-]CCCCC(=S)SCC(C(C)C)C(C)C.[K+].[K+]. The third-order valence-electron chi connectivity index (χ3n) is 6.06. The molecule has 0 aliphatic carbocycles. The monoisotopic (exact) mass is 768 g/mol. The van der Waals surface area contributed by atoms with E-state index in [9.17, 15) is 0 Å². The molecule has 0 saturated carbocycles. The van der Waals surface area contributed by atoms with Crippen LogP contribution in [0.4, 0.5) is 0 Å². The minimum Gasteiger partial charge on any atom is -0.343 e. The molecule has 0 aliphatic rings. The molecule has 0 spiro atoms. The second-order valence-corrected chi connectivity index (χ2v) is 16.3. The van der Waals surface area contributed by atoms with Crippen molar-refractivity contribution in [2.75, 3.05) is 11.5 Å². The summed E-state index contributed by atoms with van der Waals surface area (Å²) in [5.41, 5.74) is 0. The third-order valence-corrected chi connectivity index (χ3v) is 9.33. The summed E-state index contributed by atoms with van der Waals surface area (Å²) in [5, 5.41) is 0. The molecule has 272 valence electrons. The van der Waals surface area contributed by atoms with Gasteiger partial charge in [0, 0.05) is 19.9 Å². The Kier molecular flexibility index (Phi) is 86.7. The molecular weight excluding hydrogens is 687 g/mol. The first-order chi connectivity index (χ1) is 20.6. The predicted molar refractivity (Wildman–Crippen MR) is 227 cm³/mol. The molecule has 0 aromatic heterocycles. The molecule has 0 bridgehead atoms. The number of thiocarbonyl (C=S) groups is 2. The van der Waals surface area contributed by atoms with Gasteiger partial charge in [-0.05, 0) is 48.3 Å². The van der Waals surface area contributed by atoms with Gasteiger partial charge in [0.2, 0.25) is 0 Å². The van der Waals surface area contributed by atoms with Crippen molar-refractivity contribution in [1.82, 2.24) is 0 Å². The van der Waals surface area contributed by atoms with Gasteiger partial charge in [0.1, 0.15) is 0 Å². The van der Waals surface area contributed by atoms with E-state index < -0.39 is 0 Å². The van der Waals surface area contributed by atoms with Crippen molar-refractivity contribution in [1.29, 1.82) is 0 Å². The Morgan fingerprint density at radius 1 is 0.478 bits per heavy atom. The zero-order chi connectivity index (χ0) is 35.9. The predicted octanol–water partition coefficient (Wildman–Crippen LogP) is 9.67. The summed E-state index contributed by atoms with van der Waals surface area (Å²) in [4.78, 5) is 0. The molecule has 0 aromatic rings. The first-order valence-corrected chi connectivity index (χ1v) is 20.3. The molecule has 46 heavy (non-hydrogen) atoms. The Labute approximate surface area is 401 Å². The van der Waals surface area contributed by atoms with Gasteiger partial charge in [0.05, 0.1) is 0 Å². The molecule has 0 unspecified atom stereocenters. The second kappa shape index (κ2) is 58.5. The molecule has 0 fully saturated rings. The van der Waals surface area contributed by atoms with Crippen LogP contribution in [0.5, 0.6) is 0 Å². The number of hydrogen-bond donors (Lipinski definition) is 0. The second-order valence-electron chi connectivity index (χ2n) is 12.6. The Morgan fingerprint density at radius 2 is 0.674 bits per heavy atom. The van der Waals surface area contributed by atoms with E-state index in [1.165, 1.54) is 45.6 Å². The van der Waals surface area contributed by atoms with Crippen LogP contribution in [0.15, 0.2) is 0 Å². The van der Waals surface area contributed by atoms with Gasteiger partial charge >= 0.3 is 103 Å². The molecule has 0 radical (unpaired) electrons. The van der Waals surface area contributed by atoms with Crippen LogP contribution in [0, 0.1) is 75.0 Å².